The summed E-state index contributed by atoms with van der Waals surface area (Å²) in [7, 11) is 0. The second kappa shape index (κ2) is 7.73. The van der Waals surface area contributed by atoms with Gasteiger partial charge in [-0.15, -0.1) is 0 Å². The molecular formula is C22H25NO3. The van der Waals surface area contributed by atoms with Crippen molar-refractivity contribution in [2.24, 2.45) is 5.92 Å². The van der Waals surface area contributed by atoms with Gasteiger partial charge in [-0.05, 0) is 47.1 Å². The molecule has 0 aliphatic carbocycles. The van der Waals surface area contributed by atoms with Crippen LogP contribution < -0.4 is 0 Å². The minimum absolute atomic E-state index is 0.138. The standard InChI is InChI=1S/C22H25NO3/c1-15(2)20(17-6-4-3-5-7-17)13-21(24)23-11-10-16-8-9-18(22(25)26)12-19(16)14-23/h3-9,12,15,20H,10-11,13-14H2,1-2H3,(H,25,26). The summed E-state index contributed by atoms with van der Waals surface area (Å²) in [6.45, 7) is 5.48. The van der Waals surface area contributed by atoms with Crippen LogP contribution in [0.5, 0.6) is 0 Å². The average Bonchev–Trinajstić information content (AvgIpc) is 2.65. The molecular weight excluding hydrogens is 326 g/mol. The Hall–Kier alpha value is -2.62. The van der Waals surface area contributed by atoms with Crippen LogP contribution in [0.4, 0.5) is 0 Å². The predicted molar refractivity (Wildman–Crippen MR) is 101 cm³/mol. The minimum Gasteiger partial charge on any atom is -0.478 e. The fraction of sp³-hybridized carbons (Fsp3) is 0.364. The smallest absolute Gasteiger partial charge is 0.335 e. The van der Waals surface area contributed by atoms with E-state index in [9.17, 15) is 14.7 Å². The molecule has 1 unspecified atom stereocenters. The first kappa shape index (κ1) is 18.2. The number of aromatic carboxylic acids is 1. The normalized spacial score (nSPS) is 14.8. The summed E-state index contributed by atoms with van der Waals surface area (Å²) in [6.07, 6.45) is 1.26. The highest BCUT2D eigenvalue weighted by Crippen LogP contribution is 2.30. The molecule has 3 rings (SSSR count). The molecule has 0 saturated heterocycles. The largest absolute Gasteiger partial charge is 0.478 e. The molecule has 0 bridgehead atoms. The summed E-state index contributed by atoms with van der Waals surface area (Å²) in [5.41, 5.74) is 3.57. The van der Waals surface area contributed by atoms with E-state index in [1.807, 2.05) is 29.2 Å². The Bertz CT molecular complexity index is 798. The summed E-state index contributed by atoms with van der Waals surface area (Å²) in [4.78, 5) is 26.0. The van der Waals surface area contributed by atoms with Gasteiger partial charge < -0.3 is 10.0 Å². The van der Waals surface area contributed by atoms with Crippen molar-refractivity contribution >= 4 is 11.9 Å². The lowest BCUT2D eigenvalue weighted by Gasteiger charge is -2.31. The maximum atomic E-state index is 12.9. The third-order valence-electron chi connectivity index (χ3n) is 5.25. The van der Waals surface area contributed by atoms with Gasteiger partial charge in [-0.25, -0.2) is 4.79 Å². The van der Waals surface area contributed by atoms with Crippen molar-refractivity contribution in [3.8, 4) is 0 Å². The van der Waals surface area contributed by atoms with Crippen LogP contribution >= 0.6 is 0 Å². The molecule has 1 heterocycles. The fourth-order valence-corrected chi connectivity index (χ4v) is 3.66. The van der Waals surface area contributed by atoms with Gasteiger partial charge in [0, 0.05) is 19.5 Å². The molecule has 4 heteroatoms. The zero-order valence-electron chi connectivity index (χ0n) is 15.3. The van der Waals surface area contributed by atoms with Crippen molar-refractivity contribution in [2.45, 2.75) is 39.2 Å². The van der Waals surface area contributed by atoms with Crippen molar-refractivity contribution in [3.63, 3.8) is 0 Å². The summed E-state index contributed by atoms with van der Waals surface area (Å²) in [5.74, 6) is -0.230. The first-order valence-electron chi connectivity index (χ1n) is 9.13. The summed E-state index contributed by atoms with van der Waals surface area (Å²) < 4.78 is 0. The number of hydrogen-bond donors (Lipinski definition) is 1. The zero-order chi connectivity index (χ0) is 18.7. The van der Waals surface area contributed by atoms with Crippen LogP contribution in [0.3, 0.4) is 0 Å². The van der Waals surface area contributed by atoms with Crippen molar-refractivity contribution in [2.75, 3.05) is 6.54 Å². The number of carboxylic acids is 1. The molecule has 1 atom stereocenters. The monoisotopic (exact) mass is 351 g/mol. The summed E-state index contributed by atoms with van der Waals surface area (Å²) in [6, 6.07) is 15.4. The Labute approximate surface area is 154 Å². The van der Waals surface area contributed by atoms with Crippen LogP contribution in [0.15, 0.2) is 48.5 Å². The molecule has 1 aliphatic heterocycles. The van der Waals surface area contributed by atoms with Crippen LogP contribution in [-0.2, 0) is 17.8 Å². The van der Waals surface area contributed by atoms with Crippen LogP contribution in [0.2, 0.25) is 0 Å². The van der Waals surface area contributed by atoms with Gasteiger partial charge in [-0.3, -0.25) is 4.79 Å². The second-order valence-corrected chi connectivity index (χ2v) is 7.32. The number of benzene rings is 2. The van der Waals surface area contributed by atoms with Crippen LogP contribution in [0, 0.1) is 5.92 Å². The van der Waals surface area contributed by atoms with Gasteiger partial charge in [0.1, 0.15) is 0 Å². The SMILES string of the molecule is CC(C)C(CC(=O)N1CCc2ccc(C(=O)O)cc2C1)c1ccccc1. The van der Waals surface area contributed by atoms with Crippen LogP contribution in [-0.4, -0.2) is 28.4 Å². The predicted octanol–water partition coefficient (Wildman–Crippen LogP) is 4.10. The van der Waals surface area contributed by atoms with E-state index in [1.54, 1.807) is 12.1 Å². The van der Waals surface area contributed by atoms with Gasteiger partial charge >= 0.3 is 5.97 Å². The topological polar surface area (TPSA) is 57.6 Å². The van der Waals surface area contributed by atoms with Gasteiger partial charge in [0.05, 0.1) is 5.56 Å². The van der Waals surface area contributed by atoms with E-state index in [2.05, 4.69) is 26.0 Å². The van der Waals surface area contributed by atoms with Crippen LogP contribution in [0.1, 0.15) is 53.2 Å². The lowest BCUT2D eigenvalue weighted by atomic mass is 9.85. The molecule has 1 N–H and O–H groups in total. The Morgan fingerprint density at radius 3 is 2.46 bits per heavy atom. The van der Waals surface area contributed by atoms with Gasteiger partial charge in [-0.1, -0.05) is 50.2 Å². The summed E-state index contributed by atoms with van der Waals surface area (Å²) in [5, 5.41) is 9.19. The van der Waals surface area contributed by atoms with E-state index in [4.69, 9.17) is 0 Å². The number of fused-ring (bicyclic) bond motifs is 1. The number of nitrogens with zero attached hydrogens (tertiary/aromatic N) is 1. The van der Waals surface area contributed by atoms with Gasteiger partial charge in [0.2, 0.25) is 5.91 Å². The number of carbonyl (C=O) groups excluding carboxylic acids is 1. The Balaban J connectivity index is 1.74. The molecule has 26 heavy (non-hydrogen) atoms. The molecule has 2 aromatic carbocycles. The number of amides is 1. The first-order valence-corrected chi connectivity index (χ1v) is 9.13. The maximum Gasteiger partial charge on any atom is 0.335 e. The average molecular weight is 351 g/mol. The number of carbonyl (C=O) groups is 2. The second-order valence-electron chi connectivity index (χ2n) is 7.32. The third kappa shape index (κ3) is 3.96. The molecule has 1 aliphatic rings. The highest BCUT2D eigenvalue weighted by atomic mass is 16.4. The molecule has 0 spiro atoms. The van der Waals surface area contributed by atoms with E-state index in [1.165, 1.54) is 5.56 Å². The fourth-order valence-electron chi connectivity index (χ4n) is 3.66. The van der Waals surface area contributed by atoms with Crippen molar-refractivity contribution in [1.29, 1.82) is 0 Å². The van der Waals surface area contributed by atoms with E-state index in [0.717, 1.165) is 17.5 Å². The molecule has 0 fully saturated rings. The quantitative estimate of drug-likeness (QED) is 0.882. The third-order valence-corrected chi connectivity index (χ3v) is 5.25. The highest BCUT2D eigenvalue weighted by molar-refractivity contribution is 5.88. The van der Waals surface area contributed by atoms with Crippen molar-refractivity contribution in [1.82, 2.24) is 4.90 Å². The summed E-state index contributed by atoms with van der Waals surface area (Å²) >= 11 is 0. The van der Waals surface area contributed by atoms with Gasteiger partial charge in [0.15, 0.2) is 0 Å². The molecule has 1 amide bonds. The Kier molecular flexibility index (Phi) is 5.40. The lowest BCUT2D eigenvalue weighted by molar-refractivity contribution is -0.132. The molecule has 136 valence electrons. The van der Waals surface area contributed by atoms with Crippen molar-refractivity contribution < 1.29 is 14.7 Å². The maximum absolute atomic E-state index is 12.9. The van der Waals surface area contributed by atoms with Gasteiger partial charge in [0.25, 0.3) is 0 Å². The van der Waals surface area contributed by atoms with Crippen molar-refractivity contribution in [3.05, 3.63) is 70.8 Å². The Morgan fingerprint density at radius 1 is 1.08 bits per heavy atom. The molecule has 4 nitrogen and oxygen atoms in total. The lowest BCUT2D eigenvalue weighted by Crippen LogP contribution is -2.37. The first-order chi connectivity index (χ1) is 12.5. The number of rotatable bonds is 5. The van der Waals surface area contributed by atoms with Crippen LogP contribution in [0.25, 0.3) is 0 Å². The minimum atomic E-state index is -0.930. The number of carboxylic acid groups (broad SMARTS) is 1. The number of hydrogen-bond acceptors (Lipinski definition) is 2. The molecule has 0 saturated carbocycles. The van der Waals surface area contributed by atoms with Gasteiger partial charge in [-0.2, -0.15) is 0 Å². The molecule has 0 aromatic heterocycles. The van der Waals surface area contributed by atoms with E-state index in [-0.39, 0.29) is 17.4 Å². The van der Waals surface area contributed by atoms with E-state index < -0.39 is 5.97 Å². The van der Waals surface area contributed by atoms with E-state index >= 15 is 0 Å². The van der Waals surface area contributed by atoms with E-state index in [0.29, 0.717) is 25.4 Å². The molecule has 0 radical (unpaired) electrons. The highest BCUT2D eigenvalue weighted by Gasteiger charge is 2.26. The zero-order valence-corrected chi connectivity index (χ0v) is 15.3. The molecule has 2 aromatic rings. The Morgan fingerprint density at radius 2 is 1.81 bits per heavy atom.